The first-order valence-electron chi connectivity index (χ1n) is 6.96. The topological polar surface area (TPSA) is 55.6 Å². The average Bonchev–Trinajstić information content (AvgIpc) is 2.94. The van der Waals surface area contributed by atoms with E-state index in [0.717, 1.165) is 43.7 Å². The molecule has 1 aromatic rings. The summed E-state index contributed by atoms with van der Waals surface area (Å²) in [5.74, 6) is 0.855. The van der Waals surface area contributed by atoms with Crippen LogP contribution in [0.5, 0.6) is 5.75 Å². The number of carbonyl (C=O) groups is 1. The summed E-state index contributed by atoms with van der Waals surface area (Å²) in [4.78, 5) is 14.1. The Morgan fingerprint density at radius 1 is 1.37 bits per heavy atom. The maximum absolute atomic E-state index is 12.2. The fourth-order valence-electron chi connectivity index (χ4n) is 2.42. The van der Waals surface area contributed by atoms with E-state index in [1.54, 1.807) is 0 Å². The first kappa shape index (κ1) is 13.9. The predicted molar refractivity (Wildman–Crippen MR) is 75.1 cm³/mol. The molecule has 1 aliphatic rings. The molecule has 1 aromatic carbocycles. The minimum Gasteiger partial charge on any atom is -0.481 e. The molecule has 1 fully saturated rings. The Hall–Kier alpha value is -1.55. The molecule has 1 heterocycles. The Kier molecular flexibility index (Phi) is 4.80. The van der Waals surface area contributed by atoms with Gasteiger partial charge in [0.05, 0.1) is 0 Å². The molecule has 1 saturated heterocycles. The number of carbonyl (C=O) groups excluding carboxylic acids is 1. The van der Waals surface area contributed by atoms with Gasteiger partial charge in [0, 0.05) is 13.1 Å². The predicted octanol–water partition coefficient (Wildman–Crippen LogP) is 1.58. The van der Waals surface area contributed by atoms with E-state index < -0.39 is 6.10 Å². The highest BCUT2D eigenvalue weighted by Crippen LogP contribution is 2.20. The summed E-state index contributed by atoms with van der Waals surface area (Å²) in [5, 5.41) is 0. The van der Waals surface area contributed by atoms with Crippen LogP contribution < -0.4 is 10.5 Å². The van der Waals surface area contributed by atoms with E-state index in [1.165, 1.54) is 0 Å². The molecule has 0 bridgehead atoms. The van der Waals surface area contributed by atoms with Gasteiger partial charge in [-0.15, -0.1) is 0 Å². The standard InChI is InChI=1S/C15H22N2O2/c1-12(15(18)17-10-4-5-11-17)19-14-7-3-2-6-13(14)8-9-16/h2-3,6-7,12H,4-5,8-11,16H2,1H3. The summed E-state index contributed by atoms with van der Waals surface area (Å²) in [6.45, 7) is 4.11. The van der Waals surface area contributed by atoms with Crippen molar-refractivity contribution in [3.63, 3.8) is 0 Å². The Labute approximate surface area is 114 Å². The molecule has 0 aromatic heterocycles. The Bertz CT molecular complexity index is 428. The van der Waals surface area contributed by atoms with E-state index in [1.807, 2.05) is 36.1 Å². The molecule has 0 saturated carbocycles. The van der Waals surface area contributed by atoms with Gasteiger partial charge >= 0.3 is 0 Å². The van der Waals surface area contributed by atoms with Crippen LogP contribution in [0.15, 0.2) is 24.3 Å². The molecule has 0 spiro atoms. The van der Waals surface area contributed by atoms with E-state index in [0.29, 0.717) is 6.54 Å². The van der Waals surface area contributed by atoms with Crippen molar-refractivity contribution in [1.82, 2.24) is 4.90 Å². The van der Waals surface area contributed by atoms with Crippen LogP contribution in [0.4, 0.5) is 0 Å². The van der Waals surface area contributed by atoms with Gasteiger partial charge in [0.15, 0.2) is 6.10 Å². The fourth-order valence-corrected chi connectivity index (χ4v) is 2.42. The zero-order valence-corrected chi connectivity index (χ0v) is 11.5. The van der Waals surface area contributed by atoms with Crippen molar-refractivity contribution >= 4 is 5.91 Å². The normalized spacial score (nSPS) is 16.4. The van der Waals surface area contributed by atoms with Crippen LogP contribution >= 0.6 is 0 Å². The number of amides is 1. The Morgan fingerprint density at radius 3 is 2.74 bits per heavy atom. The molecule has 2 rings (SSSR count). The zero-order chi connectivity index (χ0) is 13.7. The van der Waals surface area contributed by atoms with Crippen molar-refractivity contribution in [3.05, 3.63) is 29.8 Å². The number of benzene rings is 1. The molecule has 1 aliphatic heterocycles. The van der Waals surface area contributed by atoms with Gasteiger partial charge in [0.1, 0.15) is 5.75 Å². The molecule has 1 atom stereocenters. The van der Waals surface area contributed by atoms with Crippen LogP contribution in [0.1, 0.15) is 25.3 Å². The molecule has 4 nitrogen and oxygen atoms in total. The van der Waals surface area contributed by atoms with Crippen molar-refractivity contribution in [3.8, 4) is 5.75 Å². The lowest BCUT2D eigenvalue weighted by atomic mass is 10.1. The van der Waals surface area contributed by atoms with E-state index in [2.05, 4.69) is 0 Å². The van der Waals surface area contributed by atoms with Gasteiger partial charge in [-0.2, -0.15) is 0 Å². The van der Waals surface area contributed by atoms with Crippen LogP contribution in [-0.2, 0) is 11.2 Å². The number of rotatable bonds is 5. The van der Waals surface area contributed by atoms with Crippen LogP contribution in [0.2, 0.25) is 0 Å². The number of hydrogen-bond donors (Lipinski definition) is 1. The molecule has 104 valence electrons. The summed E-state index contributed by atoms with van der Waals surface area (Å²) in [7, 11) is 0. The van der Waals surface area contributed by atoms with E-state index >= 15 is 0 Å². The maximum Gasteiger partial charge on any atom is 0.263 e. The minimum atomic E-state index is -0.433. The van der Waals surface area contributed by atoms with Crippen molar-refractivity contribution in [2.45, 2.75) is 32.3 Å². The van der Waals surface area contributed by atoms with Crippen LogP contribution in [0.3, 0.4) is 0 Å². The average molecular weight is 262 g/mol. The summed E-state index contributed by atoms with van der Waals surface area (Å²) < 4.78 is 5.83. The maximum atomic E-state index is 12.2. The number of likely N-dealkylation sites (tertiary alicyclic amines) is 1. The summed E-state index contributed by atoms with van der Waals surface area (Å²) in [5.41, 5.74) is 6.65. The fraction of sp³-hybridized carbons (Fsp3) is 0.533. The first-order valence-corrected chi connectivity index (χ1v) is 6.96. The van der Waals surface area contributed by atoms with Crippen molar-refractivity contribution < 1.29 is 9.53 Å². The molecule has 2 N–H and O–H groups in total. The molecule has 0 aliphatic carbocycles. The van der Waals surface area contributed by atoms with Crippen LogP contribution in [0, 0.1) is 0 Å². The van der Waals surface area contributed by atoms with Gasteiger partial charge in [-0.05, 0) is 44.4 Å². The highest BCUT2D eigenvalue weighted by atomic mass is 16.5. The summed E-state index contributed by atoms with van der Waals surface area (Å²) in [6, 6.07) is 7.78. The Balaban J connectivity index is 2.01. The second kappa shape index (κ2) is 6.57. The number of para-hydroxylation sites is 1. The molecule has 0 radical (unpaired) electrons. The second-order valence-electron chi connectivity index (χ2n) is 4.94. The lowest BCUT2D eigenvalue weighted by Crippen LogP contribution is -2.38. The second-order valence-corrected chi connectivity index (χ2v) is 4.94. The summed E-state index contributed by atoms with van der Waals surface area (Å²) in [6.07, 6.45) is 2.53. The van der Waals surface area contributed by atoms with Crippen LogP contribution in [0.25, 0.3) is 0 Å². The highest BCUT2D eigenvalue weighted by Gasteiger charge is 2.24. The highest BCUT2D eigenvalue weighted by molar-refractivity contribution is 5.81. The van der Waals surface area contributed by atoms with E-state index in [4.69, 9.17) is 10.5 Å². The number of ether oxygens (including phenoxy) is 1. The minimum absolute atomic E-state index is 0.0834. The largest absolute Gasteiger partial charge is 0.481 e. The molecule has 19 heavy (non-hydrogen) atoms. The molecule has 4 heteroatoms. The Morgan fingerprint density at radius 2 is 2.05 bits per heavy atom. The van der Waals surface area contributed by atoms with Gasteiger partial charge in [-0.3, -0.25) is 4.79 Å². The first-order chi connectivity index (χ1) is 9.22. The SMILES string of the molecule is CC(Oc1ccccc1CCN)C(=O)N1CCCC1. The molecule has 1 amide bonds. The van der Waals surface area contributed by atoms with E-state index in [-0.39, 0.29) is 5.91 Å². The van der Waals surface area contributed by atoms with Gasteiger partial charge in [-0.1, -0.05) is 18.2 Å². The third-order valence-electron chi connectivity index (χ3n) is 3.46. The quantitative estimate of drug-likeness (QED) is 0.876. The smallest absolute Gasteiger partial charge is 0.263 e. The number of nitrogens with two attached hydrogens (primary N) is 1. The zero-order valence-electron chi connectivity index (χ0n) is 11.5. The molecular formula is C15H22N2O2. The van der Waals surface area contributed by atoms with Gasteiger partial charge < -0.3 is 15.4 Å². The third kappa shape index (κ3) is 3.47. The number of hydrogen-bond acceptors (Lipinski definition) is 3. The van der Waals surface area contributed by atoms with Gasteiger partial charge in [0.25, 0.3) is 5.91 Å². The van der Waals surface area contributed by atoms with E-state index in [9.17, 15) is 4.79 Å². The summed E-state index contributed by atoms with van der Waals surface area (Å²) >= 11 is 0. The lowest BCUT2D eigenvalue weighted by molar-refractivity contribution is -0.136. The van der Waals surface area contributed by atoms with Crippen molar-refractivity contribution in [2.75, 3.05) is 19.6 Å². The monoisotopic (exact) mass is 262 g/mol. The third-order valence-corrected chi connectivity index (χ3v) is 3.46. The van der Waals surface area contributed by atoms with Gasteiger partial charge in [-0.25, -0.2) is 0 Å². The van der Waals surface area contributed by atoms with Crippen LogP contribution in [-0.4, -0.2) is 36.5 Å². The molecule has 1 unspecified atom stereocenters. The lowest BCUT2D eigenvalue weighted by Gasteiger charge is -2.22. The van der Waals surface area contributed by atoms with Gasteiger partial charge in [0.2, 0.25) is 0 Å². The van der Waals surface area contributed by atoms with Crippen molar-refractivity contribution in [1.29, 1.82) is 0 Å². The molecular weight excluding hydrogens is 240 g/mol. The van der Waals surface area contributed by atoms with Crippen molar-refractivity contribution in [2.24, 2.45) is 5.73 Å². The number of nitrogens with zero attached hydrogens (tertiary/aromatic N) is 1.